The Morgan fingerprint density at radius 2 is 1.78 bits per heavy atom. The summed E-state index contributed by atoms with van der Waals surface area (Å²) in [6, 6.07) is 7.90. The molecule has 9 nitrogen and oxygen atoms in total. The predicted octanol–water partition coefficient (Wildman–Crippen LogP) is 4.88. The van der Waals surface area contributed by atoms with Crippen LogP contribution in [-0.4, -0.2) is 52.6 Å². The van der Waals surface area contributed by atoms with Crippen LogP contribution in [0.4, 0.5) is 10.1 Å². The third-order valence-corrected chi connectivity index (χ3v) is 6.92. The molecule has 0 bridgehead atoms. The minimum Gasteiger partial charge on any atom is -0.493 e. The van der Waals surface area contributed by atoms with Gasteiger partial charge >= 0.3 is 0 Å². The summed E-state index contributed by atoms with van der Waals surface area (Å²) in [6.45, 7) is 3.70. The van der Waals surface area contributed by atoms with Crippen LogP contribution < -0.4 is 19.5 Å². The third kappa shape index (κ3) is 5.57. The van der Waals surface area contributed by atoms with Gasteiger partial charge < -0.3 is 19.5 Å². The van der Waals surface area contributed by atoms with Gasteiger partial charge in [-0.1, -0.05) is 29.4 Å². The Balaban J connectivity index is 1.50. The fourth-order valence-electron chi connectivity index (χ4n) is 3.87. The largest absolute Gasteiger partial charge is 0.493 e. The number of carbonyl (C=O) groups excluding carboxylic acids is 1. The minimum atomic E-state index is -0.376. The van der Waals surface area contributed by atoms with E-state index in [-0.39, 0.29) is 23.9 Å². The topological polar surface area (TPSA) is 99.9 Å². The molecule has 0 unspecified atom stereocenters. The van der Waals surface area contributed by atoms with Gasteiger partial charge in [-0.05, 0) is 31.5 Å². The maximum absolute atomic E-state index is 14.4. The predicted molar refractivity (Wildman–Crippen MR) is 140 cm³/mol. The quantitative estimate of drug-likeness (QED) is 0.297. The number of methoxy groups -OCH3 is 3. The van der Waals surface area contributed by atoms with Gasteiger partial charge in [0, 0.05) is 46.2 Å². The summed E-state index contributed by atoms with van der Waals surface area (Å²) >= 11 is 7.39. The number of fused-ring (bicyclic) bond motifs is 1. The molecular weight excluding hydrogens is 521 g/mol. The molecule has 0 fully saturated rings. The van der Waals surface area contributed by atoms with E-state index in [9.17, 15) is 9.18 Å². The number of halogens is 2. The van der Waals surface area contributed by atoms with Crippen molar-refractivity contribution in [1.29, 1.82) is 0 Å². The summed E-state index contributed by atoms with van der Waals surface area (Å²) in [7, 11) is 4.51. The Morgan fingerprint density at radius 3 is 2.41 bits per heavy atom. The maximum atomic E-state index is 14.4. The molecule has 2 aromatic heterocycles. The summed E-state index contributed by atoms with van der Waals surface area (Å²) in [5, 5.41) is 8.05. The molecule has 2 heterocycles. The van der Waals surface area contributed by atoms with E-state index in [0.717, 1.165) is 11.3 Å². The summed E-state index contributed by atoms with van der Waals surface area (Å²) in [5.41, 5.74) is 3.17. The van der Waals surface area contributed by atoms with Gasteiger partial charge in [-0.15, -0.1) is 5.10 Å². The van der Waals surface area contributed by atoms with Crippen LogP contribution in [0.15, 0.2) is 35.5 Å². The lowest BCUT2D eigenvalue weighted by Crippen LogP contribution is -2.14. The lowest BCUT2D eigenvalue weighted by Gasteiger charge is -2.14. The second-order valence-electron chi connectivity index (χ2n) is 8.00. The summed E-state index contributed by atoms with van der Waals surface area (Å²) in [6.07, 6.45) is 0.269. The van der Waals surface area contributed by atoms with Gasteiger partial charge in [0.1, 0.15) is 5.82 Å². The first-order valence-corrected chi connectivity index (χ1v) is 12.5. The zero-order valence-electron chi connectivity index (χ0n) is 20.9. The van der Waals surface area contributed by atoms with E-state index in [0.29, 0.717) is 50.2 Å². The van der Waals surface area contributed by atoms with E-state index < -0.39 is 0 Å². The highest BCUT2D eigenvalue weighted by molar-refractivity contribution is 7.99. The van der Waals surface area contributed by atoms with Gasteiger partial charge in [-0.25, -0.2) is 13.9 Å². The Labute approximate surface area is 222 Å². The zero-order valence-corrected chi connectivity index (χ0v) is 22.5. The molecule has 4 aromatic rings. The van der Waals surface area contributed by atoms with E-state index >= 15 is 0 Å². The molecule has 37 heavy (non-hydrogen) atoms. The number of aryl methyl sites for hydroxylation is 2. The number of rotatable bonds is 9. The molecule has 12 heteroatoms. The van der Waals surface area contributed by atoms with Crippen molar-refractivity contribution in [2.24, 2.45) is 0 Å². The molecule has 194 valence electrons. The normalized spacial score (nSPS) is 11.0. The molecule has 0 radical (unpaired) electrons. The molecular formula is C25H25ClFN5O4S. The fourth-order valence-corrected chi connectivity index (χ4v) is 4.71. The number of anilines is 1. The fraction of sp³-hybridized carbons (Fsp3) is 0.280. The van der Waals surface area contributed by atoms with Crippen LogP contribution in [-0.2, 0) is 11.2 Å². The lowest BCUT2D eigenvalue weighted by molar-refractivity contribution is -0.113. The molecule has 0 spiro atoms. The summed E-state index contributed by atoms with van der Waals surface area (Å²) in [4.78, 5) is 21.6. The standard InChI is InChI=1S/C25H25ClFN5O4S/c1-13-16(11-17-18(26)7-6-8-19(17)27)14(2)32-24(28-13)30-25(31-32)37-12-22(33)29-15-9-20(34-3)23(36-5)21(10-15)35-4/h6-10H,11-12H2,1-5H3,(H,29,33). The highest BCUT2D eigenvalue weighted by Gasteiger charge is 2.18. The zero-order chi connectivity index (χ0) is 26.7. The van der Waals surface area contributed by atoms with Crippen LogP contribution >= 0.6 is 23.4 Å². The van der Waals surface area contributed by atoms with Crippen LogP contribution in [0.2, 0.25) is 5.02 Å². The number of ether oxygens (including phenoxy) is 3. The molecule has 0 atom stereocenters. The van der Waals surface area contributed by atoms with Crippen LogP contribution in [0.3, 0.4) is 0 Å². The average molecular weight is 546 g/mol. The van der Waals surface area contributed by atoms with Crippen LogP contribution in [0.25, 0.3) is 5.78 Å². The van der Waals surface area contributed by atoms with Crippen molar-refractivity contribution in [2.75, 3.05) is 32.4 Å². The van der Waals surface area contributed by atoms with Gasteiger partial charge in [-0.3, -0.25) is 4.79 Å². The van der Waals surface area contributed by atoms with Crippen molar-refractivity contribution in [3.8, 4) is 17.2 Å². The highest BCUT2D eigenvalue weighted by Crippen LogP contribution is 2.40. The Hall–Kier alpha value is -3.57. The van der Waals surface area contributed by atoms with Crippen molar-refractivity contribution in [3.63, 3.8) is 0 Å². The molecule has 0 aliphatic rings. The monoisotopic (exact) mass is 545 g/mol. The van der Waals surface area contributed by atoms with Crippen LogP contribution in [0, 0.1) is 19.7 Å². The second kappa shape index (κ2) is 11.2. The van der Waals surface area contributed by atoms with Gasteiger partial charge in [0.2, 0.25) is 16.8 Å². The highest BCUT2D eigenvalue weighted by atomic mass is 35.5. The SMILES string of the molecule is COc1cc(NC(=O)CSc2nc3nc(C)c(Cc4c(F)cccc4Cl)c(C)n3n2)cc(OC)c1OC. The number of thioether (sulfide) groups is 1. The molecule has 1 amide bonds. The van der Waals surface area contributed by atoms with E-state index in [1.54, 1.807) is 28.8 Å². The molecule has 4 rings (SSSR count). The van der Waals surface area contributed by atoms with Gasteiger partial charge in [0.15, 0.2) is 11.5 Å². The second-order valence-corrected chi connectivity index (χ2v) is 9.34. The van der Waals surface area contributed by atoms with Crippen molar-refractivity contribution >= 4 is 40.7 Å². The van der Waals surface area contributed by atoms with Crippen LogP contribution in [0.5, 0.6) is 17.2 Å². The molecule has 0 saturated carbocycles. The molecule has 1 N–H and O–H groups in total. The van der Waals surface area contributed by atoms with Gasteiger partial charge in [0.05, 0.1) is 27.1 Å². The van der Waals surface area contributed by atoms with E-state index in [1.165, 1.54) is 39.2 Å². The number of hydrogen-bond acceptors (Lipinski definition) is 8. The Bertz CT molecular complexity index is 1430. The van der Waals surface area contributed by atoms with E-state index in [1.807, 2.05) is 13.8 Å². The number of amides is 1. The molecule has 0 aliphatic heterocycles. The Morgan fingerprint density at radius 1 is 1.08 bits per heavy atom. The third-order valence-electron chi connectivity index (χ3n) is 5.73. The number of nitrogens with zero attached hydrogens (tertiary/aromatic N) is 4. The molecule has 0 aliphatic carbocycles. The summed E-state index contributed by atoms with van der Waals surface area (Å²) < 4.78 is 31.9. The first kappa shape index (κ1) is 26.5. The molecule has 0 saturated heterocycles. The number of benzene rings is 2. The van der Waals surface area contributed by atoms with Crippen molar-refractivity contribution < 1.29 is 23.4 Å². The number of aromatic nitrogens is 4. The molecule has 2 aromatic carbocycles. The first-order chi connectivity index (χ1) is 17.7. The van der Waals surface area contributed by atoms with Crippen molar-refractivity contribution in [1.82, 2.24) is 19.6 Å². The van der Waals surface area contributed by atoms with Gasteiger partial charge in [0.25, 0.3) is 5.78 Å². The van der Waals surface area contributed by atoms with E-state index in [2.05, 4.69) is 20.4 Å². The smallest absolute Gasteiger partial charge is 0.253 e. The maximum Gasteiger partial charge on any atom is 0.253 e. The summed E-state index contributed by atoms with van der Waals surface area (Å²) in [5.74, 6) is 1.09. The average Bonchev–Trinajstić information content (AvgIpc) is 3.29. The number of hydrogen-bond donors (Lipinski definition) is 1. The number of nitrogens with one attached hydrogen (secondary N) is 1. The number of carbonyl (C=O) groups is 1. The minimum absolute atomic E-state index is 0.0588. The van der Waals surface area contributed by atoms with E-state index in [4.69, 9.17) is 25.8 Å². The van der Waals surface area contributed by atoms with Gasteiger partial charge in [-0.2, -0.15) is 4.98 Å². The van der Waals surface area contributed by atoms with Crippen LogP contribution in [0.1, 0.15) is 22.5 Å². The van der Waals surface area contributed by atoms with Crippen molar-refractivity contribution in [3.05, 3.63) is 63.7 Å². The Kier molecular flexibility index (Phi) is 8.03. The lowest BCUT2D eigenvalue weighted by atomic mass is 10.0. The first-order valence-electron chi connectivity index (χ1n) is 11.1. The van der Waals surface area contributed by atoms with Crippen molar-refractivity contribution in [2.45, 2.75) is 25.4 Å².